The average Bonchev–Trinajstić information content (AvgIpc) is 2.96. The number of hydrogen-bond donors (Lipinski definition) is 0. The van der Waals surface area contributed by atoms with Gasteiger partial charge in [0.2, 0.25) is 0 Å². The van der Waals surface area contributed by atoms with E-state index in [-0.39, 0.29) is 16.2 Å². The van der Waals surface area contributed by atoms with E-state index in [0.29, 0.717) is 3.59 Å². The van der Waals surface area contributed by atoms with Crippen molar-refractivity contribution in [2.24, 2.45) is 0 Å². The Kier molecular flexibility index (Phi) is 10.7. The van der Waals surface area contributed by atoms with Gasteiger partial charge < -0.3 is 0 Å². The van der Waals surface area contributed by atoms with Crippen molar-refractivity contribution in [3.05, 3.63) is 117 Å². The molecule has 0 amide bonds. The molecule has 4 nitrogen and oxygen atoms in total. The molecule has 0 aliphatic carbocycles. The van der Waals surface area contributed by atoms with Crippen LogP contribution in [0.2, 0.25) is 13.3 Å². The zero-order valence-corrected chi connectivity index (χ0v) is 28.8. The fraction of sp³-hybridized carbons (Fsp3) is 0.389. The van der Waals surface area contributed by atoms with Crippen molar-refractivity contribution in [2.45, 2.75) is 71.1 Å². The fourth-order valence-corrected chi connectivity index (χ4v) is 28.4. The molecule has 0 aromatic heterocycles. The van der Waals surface area contributed by atoms with Crippen molar-refractivity contribution in [3.63, 3.8) is 0 Å². The third-order valence-corrected chi connectivity index (χ3v) is 26.1. The summed E-state index contributed by atoms with van der Waals surface area (Å²) >= 11 is -4.07. The Morgan fingerprint density at radius 1 is 0.585 bits per heavy atom. The summed E-state index contributed by atoms with van der Waals surface area (Å²) in [5.41, 5.74) is 2.91. The van der Waals surface area contributed by atoms with E-state index >= 15 is 0 Å². The molecule has 0 saturated heterocycles. The number of esters is 2. The second-order valence-corrected chi connectivity index (χ2v) is 25.0. The molecule has 3 aromatic rings. The Labute approximate surface area is 251 Å². The van der Waals surface area contributed by atoms with Gasteiger partial charge in [-0.3, -0.25) is 0 Å². The molecule has 0 spiro atoms. The van der Waals surface area contributed by atoms with E-state index in [1.807, 2.05) is 18.2 Å². The summed E-state index contributed by atoms with van der Waals surface area (Å²) in [6.07, 6.45) is 1.46. The zero-order valence-electron chi connectivity index (χ0n) is 26.0. The second-order valence-electron chi connectivity index (χ2n) is 13.1. The molecule has 0 aliphatic rings. The first-order chi connectivity index (χ1) is 19.3. The van der Waals surface area contributed by atoms with Crippen LogP contribution in [0.15, 0.2) is 101 Å². The van der Waals surface area contributed by atoms with Gasteiger partial charge in [0.05, 0.1) is 0 Å². The molecular formula is C36H46O4Sn. The SMILES string of the molecule is COC(=O)/C=[C](\C(=O)OC)[Sn]([CH2]C(C)(C)c1ccccc1)([CH2]C(C)(C)c1ccccc1)[CH2]C(C)(C)c1ccccc1. The minimum atomic E-state index is -4.07. The van der Waals surface area contributed by atoms with Crippen molar-refractivity contribution in [2.75, 3.05) is 14.2 Å². The first-order valence-electron chi connectivity index (χ1n) is 14.3. The van der Waals surface area contributed by atoms with Crippen LogP contribution in [-0.2, 0) is 35.3 Å². The van der Waals surface area contributed by atoms with Gasteiger partial charge in [0.15, 0.2) is 0 Å². The van der Waals surface area contributed by atoms with Crippen LogP contribution in [0.1, 0.15) is 58.2 Å². The van der Waals surface area contributed by atoms with Crippen molar-refractivity contribution in [1.82, 2.24) is 0 Å². The molecule has 218 valence electrons. The maximum atomic E-state index is 13.8. The van der Waals surface area contributed by atoms with Crippen molar-refractivity contribution in [1.29, 1.82) is 0 Å². The molecule has 0 bridgehead atoms. The molecule has 3 rings (SSSR count). The number of carbonyl (C=O) groups is 2. The van der Waals surface area contributed by atoms with Crippen LogP contribution >= 0.6 is 0 Å². The summed E-state index contributed by atoms with van der Waals surface area (Å²) in [5.74, 6) is -0.929. The van der Waals surface area contributed by atoms with Crippen molar-refractivity contribution in [3.8, 4) is 0 Å². The zero-order chi connectivity index (χ0) is 30.3. The van der Waals surface area contributed by atoms with Gasteiger partial charge in [0.1, 0.15) is 0 Å². The average molecular weight is 661 g/mol. The third kappa shape index (κ3) is 8.12. The van der Waals surface area contributed by atoms with Gasteiger partial charge in [-0.25, -0.2) is 0 Å². The van der Waals surface area contributed by atoms with Gasteiger partial charge >= 0.3 is 252 Å². The van der Waals surface area contributed by atoms with Crippen LogP contribution in [0.25, 0.3) is 0 Å². The maximum absolute atomic E-state index is 13.8. The Balaban J connectivity index is 2.36. The van der Waals surface area contributed by atoms with Crippen LogP contribution in [0.5, 0.6) is 0 Å². The van der Waals surface area contributed by atoms with Gasteiger partial charge in [-0.2, -0.15) is 0 Å². The van der Waals surface area contributed by atoms with E-state index in [4.69, 9.17) is 9.47 Å². The summed E-state index contributed by atoms with van der Waals surface area (Å²) in [6, 6.07) is 31.5. The summed E-state index contributed by atoms with van der Waals surface area (Å²) in [4.78, 5) is 26.8. The summed E-state index contributed by atoms with van der Waals surface area (Å²) < 4.78 is 13.6. The predicted octanol–water partition coefficient (Wildman–Crippen LogP) is 8.18. The molecule has 41 heavy (non-hydrogen) atoms. The molecular weight excluding hydrogens is 615 g/mol. The molecule has 0 aliphatic heterocycles. The number of ether oxygens (including phenoxy) is 2. The van der Waals surface area contributed by atoms with Crippen LogP contribution in [-0.4, -0.2) is 44.5 Å². The van der Waals surface area contributed by atoms with Gasteiger partial charge in [-0.05, 0) is 0 Å². The van der Waals surface area contributed by atoms with E-state index in [1.165, 1.54) is 37.0 Å². The van der Waals surface area contributed by atoms with E-state index in [1.54, 1.807) is 0 Å². The van der Waals surface area contributed by atoms with Gasteiger partial charge in [0, 0.05) is 0 Å². The molecule has 3 aromatic carbocycles. The Bertz CT molecular complexity index is 1200. The minimum absolute atomic E-state index is 0.250. The van der Waals surface area contributed by atoms with Crippen LogP contribution in [0, 0.1) is 0 Å². The number of carbonyl (C=O) groups excluding carboxylic acids is 2. The Morgan fingerprint density at radius 2 is 0.902 bits per heavy atom. The summed E-state index contributed by atoms with van der Waals surface area (Å²) in [5, 5.41) is 0. The molecule has 5 heteroatoms. The molecule has 0 atom stereocenters. The number of rotatable bonds is 12. The molecule has 0 radical (unpaired) electrons. The summed E-state index contributed by atoms with van der Waals surface area (Å²) in [6.45, 7) is 13.6. The van der Waals surface area contributed by atoms with Gasteiger partial charge in [-0.15, -0.1) is 0 Å². The molecule has 0 N–H and O–H groups in total. The molecule has 0 saturated carbocycles. The monoisotopic (exact) mass is 662 g/mol. The van der Waals surface area contributed by atoms with Crippen LogP contribution in [0.4, 0.5) is 0 Å². The standard InChI is InChI=1S/3C10H13.C6H7O4.Sn/c3*1-10(2,3)9-7-5-4-6-8-9;1-9-5(7)3-4-6(8)10-2;/h3*4-8H,1H2,2-3H3;3H,1-2H3;. The molecule has 0 unspecified atom stereocenters. The molecule has 0 fully saturated rings. The van der Waals surface area contributed by atoms with E-state index in [0.717, 1.165) is 13.3 Å². The Hall–Kier alpha value is -2.86. The van der Waals surface area contributed by atoms with Crippen molar-refractivity contribution >= 4 is 30.3 Å². The third-order valence-electron chi connectivity index (χ3n) is 8.45. The normalized spacial score (nSPS) is 13.0. The number of hydrogen-bond acceptors (Lipinski definition) is 4. The second kappa shape index (κ2) is 13.4. The number of methoxy groups -OCH3 is 2. The van der Waals surface area contributed by atoms with E-state index < -0.39 is 30.3 Å². The van der Waals surface area contributed by atoms with Crippen LogP contribution < -0.4 is 0 Å². The topological polar surface area (TPSA) is 52.6 Å². The number of benzene rings is 3. The van der Waals surface area contributed by atoms with Gasteiger partial charge in [-0.1, -0.05) is 0 Å². The first-order valence-corrected chi connectivity index (χ1v) is 21.8. The molecule has 0 heterocycles. The first kappa shape index (κ1) is 32.7. The van der Waals surface area contributed by atoms with Crippen LogP contribution in [0.3, 0.4) is 0 Å². The Morgan fingerprint density at radius 3 is 1.17 bits per heavy atom. The van der Waals surface area contributed by atoms with Gasteiger partial charge in [0.25, 0.3) is 0 Å². The van der Waals surface area contributed by atoms with E-state index in [2.05, 4.69) is 114 Å². The fourth-order valence-electron chi connectivity index (χ4n) is 6.70. The van der Waals surface area contributed by atoms with E-state index in [9.17, 15) is 9.59 Å². The summed E-state index contributed by atoms with van der Waals surface area (Å²) in [7, 11) is 2.78. The quantitative estimate of drug-likeness (QED) is 0.112. The van der Waals surface area contributed by atoms with Crippen molar-refractivity contribution < 1.29 is 19.1 Å². The predicted molar refractivity (Wildman–Crippen MR) is 171 cm³/mol.